The zero-order valence-corrected chi connectivity index (χ0v) is 13.4. The van der Waals surface area contributed by atoms with Gasteiger partial charge in [0, 0.05) is 19.5 Å². The second kappa shape index (κ2) is 10.2. The van der Waals surface area contributed by atoms with Gasteiger partial charge in [0.2, 0.25) is 5.91 Å². The summed E-state index contributed by atoms with van der Waals surface area (Å²) in [6.45, 7) is 9.39. The molecule has 0 radical (unpaired) electrons. The third-order valence-corrected chi connectivity index (χ3v) is 4.56. The Morgan fingerprint density at radius 1 is 1.35 bits per heavy atom. The Morgan fingerprint density at radius 2 is 2.05 bits per heavy atom. The lowest BCUT2D eigenvalue weighted by Crippen LogP contribution is -2.39. The molecule has 4 nitrogen and oxygen atoms in total. The molecule has 1 saturated heterocycles. The summed E-state index contributed by atoms with van der Waals surface area (Å²) in [6.07, 6.45) is 6.37. The van der Waals surface area contributed by atoms with E-state index in [1.165, 1.54) is 25.9 Å². The first-order valence-corrected chi connectivity index (χ1v) is 8.34. The number of hydrogen-bond acceptors (Lipinski definition) is 3. The van der Waals surface area contributed by atoms with Crippen LogP contribution in [-0.4, -0.2) is 43.5 Å². The third kappa shape index (κ3) is 7.25. The SMILES string of the molecule is CCC(CCN)CCC(=O)NCCN1CCC(C)CC1. The van der Waals surface area contributed by atoms with Gasteiger partial charge in [0.05, 0.1) is 0 Å². The fraction of sp³-hybridized carbons (Fsp3) is 0.938. The lowest BCUT2D eigenvalue weighted by Gasteiger charge is -2.30. The van der Waals surface area contributed by atoms with Crippen LogP contribution in [0.2, 0.25) is 0 Å². The molecule has 3 N–H and O–H groups in total. The van der Waals surface area contributed by atoms with Gasteiger partial charge in [-0.3, -0.25) is 4.79 Å². The lowest BCUT2D eigenvalue weighted by atomic mass is 9.96. The predicted molar refractivity (Wildman–Crippen MR) is 84.5 cm³/mol. The number of likely N-dealkylation sites (tertiary alicyclic amines) is 1. The molecule has 0 aromatic heterocycles. The van der Waals surface area contributed by atoms with Crippen molar-refractivity contribution >= 4 is 5.91 Å². The number of hydrogen-bond donors (Lipinski definition) is 2. The van der Waals surface area contributed by atoms with Crippen molar-refractivity contribution in [2.24, 2.45) is 17.6 Å². The molecule has 0 bridgehead atoms. The Bertz CT molecular complexity index is 262. The zero-order valence-electron chi connectivity index (χ0n) is 13.4. The maximum absolute atomic E-state index is 11.8. The molecule has 1 fully saturated rings. The molecule has 0 aliphatic carbocycles. The Balaban J connectivity index is 2.05. The van der Waals surface area contributed by atoms with E-state index in [1.54, 1.807) is 0 Å². The molecule has 1 amide bonds. The van der Waals surface area contributed by atoms with Gasteiger partial charge < -0.3 is 16.0 Å². The number of nitrogens with zero attached hydrogens (tertiary/aromatic N) is 1. The Kier molecular flexibility index (Phi) is 8.86. The van der Waals surface area contributed by atoms with Crippen LogP contribution in [0.3, 0.4) is 0 Å². The summed E-state index contributed by atoms with van der Waals surface area (Å²) < 4.78 is 0. The summed E-state index contributed by atoms with van der Waals surface area (Å²) in [5.41, 5.74) is 5.58. The second-order valence-corrected chi connectivity index (χ2v) is 6.26. The highest BCUT2D eigenvalue weighted by Crippen LogP contribution is 2.15. The largest absolute Gasteiger partial charge is 0.355 e. The molecule has 4 heteroatoms. The van der Waals surface area contributed by atoms with Gasteiger partial charge in [0.25, 0.3) is 0 Å². The Labute approximate surface area is 124 Å². The van der Waals surface area contributed by atoms with Crippen molar-refractivity contribution in [1.82, 2.24) is 10.2 Å². The van der Waals surface area contributed by atoms with E-state index in [4.69, 9.17) is 5.73 Å². The van der Waals surface area contributed by atoms with Crippen LogP contribution < -0.4 is 11.1 Å². The predicted octanol–water partition coefficient (Wildman–Crippen LogP) is 1.99. The Morgan fingerprint density at radius 3 is 2.65 bits per heavy atom. The van der Waals surface area contributed by atoms with Crippen LogP contribution in [0.5, 0.6) is 0 Å². The van der Waals surface area contributed by atoms with Crippen LogP contribution in [0.15, 0.2) is 0 Å². The first-order chi connectivity index (χ1) is 9.65. The van der Waals surface area contributed by atoms with E-state index in [0.29, 0.717) is 12.3 Å². The molecule has 1 aliphatic rings. The highest BCUT2D eigenvalue weighted by atomic mass is 16.1. The first kappa shape index (κ1) is 17.4. The van der Waals surface area contributed by atoms with E-state index >= 15 is 0 Å². The summed E-state index contributed by atoms with van der Waals surface area (Å²) in [4.78, 5) is 14.3. The number of nitrogens with two attached hydrogens (primary N) is 1. The first-order valence-electron chi connectivity index (χ1n) is 8.34. The standard InChI is InChI=1S/C16H33N3O/c1-3-15(6-9-17)4-5-16(20)18-10-13-19-11-7-14(2)8-12-19/h14-15H,3-13,17H2,1-2H3,(H,18,20). The molecule has 0 spiro atoms. The van der Waals surface area contributed by atoms with Gasteiger partial charge in [0.1, 0.15) is 0 Å². The number of piperidine rings is 1. The van der Waals surface area contributed by atoms with E-state index in [-0.39, 0.29) is 5.91 Å². The fourth-order valence-corrected chi connectivity index (χ4v) is 2.85. The van der Waals surface area contributed by atoms with E-state index < -0.39 is 0 Å². The minimum atomic E-state index is 0.200. The van der Waals surface area contributed by atoms with Crippen molar-refractivity contribution in [3.05, 3.63) is 0 Å². The number of nitrogens with one attached hydrogen (secondary N) is 1. The fourth-order valence-electron chi connectivity index (χ4n) is 2.85. The number of amides is 1. The molecule has 0 aromatic carbocycles. The monoisotopic (exact) mass is 283 g/mol. The van der Waals surface area contributed by atoms with Crippen LogP contribution in [0.4, 0.5) is 0 Å². The van der Waals surface area contributed by atoms with Crippen molar-refractivity contribution in [1.29, 1.82) is 0 Å². The van der Waals surface area contributed by atoms with Gasteiger partial charge in [-0.05, 0) is 57.2 Å². The molecular weight excluding hydrogens is 250 g/mol. The van der Waals surface area contributed by atoms with Gasteiger partial charge >= 0.3 is 0 Å². The minimum absolute atomic E-state index is 0.200. The van der Waals surface area contributed by atoms with Gasteiger partial charge in [-0.2, -0.15) is 0 Å². The van der Waals surface area contributed by atoms with E-state index in [9.17, 15) is 4.79 Å². The minimum Gasteiger partial charge on any atom is -0.355 e. The average molecular weight is 283 g/mol. The smallest absolute Gasteiger partial charge is 0.220 e. The van der Waals surface area contributed by atoms with Crippen molar-refractivity contribution in [3.63, 3.8) is 0 Å². The van der Waals surface area contributed by atoms with Crippen molar-refractivity contribution in [2.45, 2.75) is 52.4 Å². The third-order valence-electron chi connectivity index (χ3n) is 4.56. The molecule has 118 valence electrons. The van der Waals surface area contributed by atoms with E-state index in [1.807, 2.05) is 0 Å². The molecular formula is C16H33N3O. The van der Waals surface area contributed by atoms with Crippen LogP contribution in [0.25, 0.3) is 0 Å². The van der Waals surface area contributed by atoms with Crippen LogP contribution in [-0.2, 0) is 4.79 Å². The number of carbonyl (C=O) groups is 1. The lowest BCUT2D eigenvalue weighted by molar-refractivity contribution is -0.121. The summed E-state index contributed by atoms with van der Waals surface area (Å²) >= 11 is 0. The second-order valence-electron chi connectivity index (χ2n) is 6.26. The maximum atomic E-state index is 11.8. The highest BCUT2D eigenvalue weighted by Gasteiger charge is 2.15. The molecule has 1 rings (SSSR count). The summed E-state index contributed by atoms with van der Waals surface area (Å²) in [5, 5.41) is 3.05. The topological polar surface area (TPSA) is 58.4 Å². The Hall–Kier alpha value is -0.610. The number of carbonyl (C=O) groups excluding carboxylic acids is 1. The maximum Gasteiger partial charge on any atom is 0.220 e. The van der Waals surface area contributed by atoms with E-state index in [0.717, 1.165) is 44.8 Å². The molecule has 20 heavy (non-hydrogen) atoms. The van der Waals surface area contributed by atoms with Crippen molar-refractivity contribution < 1.29 is 4.79 Å². The van der Waals surface area contributed by atoms with Gasteiger partial charge in [-0.25, -0.2) is 0 Å². The van der Waals surface area contributed by atoms with Gasteiger partial charge in [-0.1, -0.05) is 20.3 Å². The van der Waals surface area contributed by atoms with E-state index in [2.05, 4.69) is 24.1 Å². The zero-order chi connectivity index (χ0) is 14.8. The summed E-state index contributed by atoms with van der Waals surface area (Å²) in [5.74, 6) is 1.68. The van der Waals surface area contributed by atoms with Gasteiger partial charge in [0.15, 0.2) is 0 Å². The van der Waals surface area contributed by atoms with Crippen molar-refractivity contribution in [3.8, 4) is 0 Å². The molecule has 1 unspecified atom stereocenters. The normalized spacial score (nSPS) is 18.9. The van der Waals surface area contributed by atoms with Crippen LogP contribution in [0, 0.1) is 11.8 Å². The number of rotatable bonds is 9. The summed E-state index contributed by atoms with van der Waals surface area (Å²) in [6, 6.07) is 0. The molecule has 0 saturated carbocycles. The van der Waals surface area contributed by atoms with Crippen LogP contribution >= 0.6 is 0 Å². The molecule has 1 heterocycles. The van der Waals surface area contributed by atoms with Crippen LogP contribution in [0.1, 0.15) is 52.4 Å². The molecule has 0 aromatic rings. The van der Waals surface area contributed by atoms with Crippen molar-refractivity contribution in [2.75, 3.05) is 32.7 Å². The molecule has 1 atom stereocenters. The average Bonchev–Trinajstić information content (AvgIpc) is 2.45. The quantitative estimate of drug-likeness (QED) is 0.680. The van der Waals surface area contributed by atoms with Gasteiger partial charge in [-0.15, -0.1) is 0 Å². The highest BCUT2D eigenvalue weighted by molar-refractivity contribution is 5.75. The summed E-state index contributed by atoms with van der Waals surface area (Å²) in [7, 11) is 0. The molecule has 1 aliphatic heterocycles.